The normalized spacial score (nSPS) is 13.2. The summed E-state index contributed by atoms with van der Waals surface area (Å²) in [4.78, 5) is 104. The minimum Gasteiger partial charge on any atom is -0.481 e. The van der Waals surface area contributed by atoms with Gasteiger partial charge in [0.25, 0.3) is 5.69 Å². The van der Waals surface area contributed by atoms with Crippen LogP contribution in [0.25, 0.3) is 0 Å². The minimum atomic E-state index is -1.78. The van der Waals surface area contributed by atoms with Gasteiger partial charge in [-0.25, -0.2) is 9.78 Å². The van der Waals surface area contributed by atoms with Crippen molar-refractivity contribution in [1.29, 1.82) is 0 Å². The van der Waals surface area contributed by atoms with Gasteiger partial charge in [0.15, 0.2) is 0 Å². The van der Waals surface area contributed by atoms with Crippen molar-refractivity contribution in [3.63, 3.8) is 0 Å². The fourth-order valence-electron chi connectivity index (χ4n) is 4.39. The molecule has 2 aromatic rings. The van der Waals surface area contributed by atoms with Gasteiger partial charge in [-0.3, -0.25) is 38.9 Å². The van der Waals surface area contributed by atoms with Crippen LogP contribution in [-0.4, -0.2) is 90.7 Å². The van der Waals surface area contributed by atoms with Crippen molar-refractivity contribution < 1.29 is 48.7 Å². The molecule has 19 heteroatoms. The van der Waals surface area contributed by atoms with E-state index in [1.165, 1.54) is 31.6 Å². The van der Waals surface area contributed by atoms with E-state index < -0.39 is 83.4 Å². The number of carbonyl (C=O) groups excluding carboxylic acids is 5. The van der Waals surface area contributed by atoms with E-state index in [9.17, 15) is 53.9 Å². The highest BCUT2D eigenvalue weighted by Gasteiger charge is 2.32. The number of nitrogens with zero attached hydrogens (tertiary/aromatic N) is 2. The number of imidazole rings is 1. The molecule has 0 saturated carbocycles. The summed E-state index contributed by atoms with van der Waals surface area (Å²) >= 11 is 0. The first kappa shape index (κ1) is 38.3. The lowest BCUT2D eigenvalue weighted by Crippen LogP contribution is -2.58. The van der Waals surface area contributed by atoms with Gasteiger partial charge in [-0.1, -0.05) is 13.8 Å². The third-order valence-electron chi connectivity index (χ3n) is 6.66. The van der Waals surface area contributed by atoms with Gasteiger partial charge in [0.1, 0.15) is 24.2 Å². The average Bonchev–Trinajstić information content (AvgIpc) is 3.50. The first-order valence-corrected chi connectivity index (χ1v) is 14.7. The Kier molecular flexibility index (Phi) is 14.6. The number of benzene rings is 1. The van der Waals surface area contributed by atoms with Crippen LogP contribution in [0.1, 0.15) is 52.1 Å². The van der Waals surface area contributed by atoms with Crippen LogP contribution in [0.15, 0.2) is 36.8 Å². The summed E-state index contributed by atoms with van der Waals surface area (Å²) in [6, 6.07) is -1.06. The van der Waals surface area contributed by atoms with Crippen molar-refractivity contribution in [1.82, 2.24) is 31.2 Å². The molecule has 4 atom stereocenters. The maximum atomic E-state index is 13.4. The number of carboxylic acids is 2. The Morgan fingerprint density at radius 3 is 1.98 bits per heavy atom. The van der Waals surface area contributed by atoms with Gasteiger partial charge in [0, 0.05) is 49.5 Å². The van der Waals surface area contributed by atoms with Crippen molar-refractivity contribution >= 4 is 52.8 Å². The Bertz CT molecular complexity index is 1480. The second kappa shape index (κ2) is 18.3. The summed E-state index contributed by atoms with van der Waals surface area (Å²) in [5.74, 6) is -7.03. The van der Waals surface area contributed by atoms with Gasteiger partial charge in [0.2, 0.25) is 29.5 Å². The van der Waals surface area contributed by atoms with E-state index in [2.05, 4.69) is 36.6 Å². The van der Waals surface area contributed by atoms with Gasteiger partial charge < -0.3 is 41.8 Å². The Balaban J connectivity index is 2.24. The van der Waals surface area contributed by atoms with Gasteiger partial charge in [-0.15, -0.1) is 0 Å². The van der Waals surface area contributed by atoms with Crippen LogP contribution in [0, 0.1) is 16.0 Å². The lowest BCUT2D eigenvalue weighted by molar-refractivity contribution is -0.384. The van der Waals surface area contributed by atoms with Crippen molar-refractivity contribution in [3.8, 4) is 0 Å². The molecule has 0 unspecified atom stereocenters. The minimum absolute atomic E-state index is 0.0419. The van der Waals surface area contributed by atoms with Gasteiger partial charge >= 0.3 is 11.9 Å². The molecule has 0 radical (unpaired) electrons. The number of amides is 5. The van der Waals surface area contributed by atoms with E-state index >= 15 is 0 Å². The molecule has 2 rings (SSSR count). The number of aliphatic carboxylic acids is 2. The number of aromatic amines is 1. The molecule has 0 aliphatic carbocycles. The van der Waals surface area contributed by atoms with E-state index in [1.807, 2.05) is 0 Å². The number of rotatable bonds is 19. The number of aromatic nitrogens is 2. The number of carbonyl (C=O) groups is 7. The molecule has 0 fully saturated rings. The predicted molar refractivity (Wildman–Crippen MR) is 166 cm³/mol. The molecule has 0 bridgehead atoms. The molecule has 48 heavy (non-hydrogen) atoms. The summed E-state index contributed by atoms with van der Waals surface area (Å²) in [5, 5.41) is 41.7. The molecule has 0 aliphatic rings. The van der Waals surface area contributed by atoms with Crippen molar-refractivity contribution in [2.24, 2.45) is 5.92 Å². The third kappa shape index (κ3) is 13.2. The summed E-state index contributed by atoms with van der Waals surface area (Å²) in [7, 11) is 0. The van der Waals surface area contributed by atoms with Crippen LogP contribution in [0.3, 0.4) is 0 Å². The number of nitro benzene ring substituents is 1. The van der Waals surface area contributed by atoms with E-state index in [0.29, 0.717) is 5.69 Å². The summed E-state index contributed by atoms with van der Waals surface area (Å²) in [6.45, 7) is 4.82. The summed E-state index contributed by atoms with van der Waals surface area (Å²) < 4.78 is 0. The molecule has 1 heterocycles. The van der Waals surface area contributed by atoms with E-state index in [0.717, 1.165) is 12.1 Å². The van der Waals surface area contributed by atoms with Crippen LogP contribution in [0.4, 0.5) is 11.4 Å². The van der Waals surface area contributed by atoms with E-state index in [4.69, 9.17) is 0 Å². The summed E-state index contributed by atoms with van der Waals surface area (Å²) in [6.07, 6.45) is 0.892. The van der Waals surface area contributed by atoms with Crippen LogP contribution in [0.2, 0.25) is 0 Å². The second-order valence-corrected chi connectivity index (χ2v) is 11.2. The maximum absolute atomic E-state index is 13.4. The van der Waals surface area contributed by atoms with Crippen LogP contribution in [-0.2, 0) is 40.0 Å². The molecule has 19 nitrogen and oxygen atoms in total. The second-order valence-electron chi connectivity index (χ2n) is 11.2. The molecular weight excluding hydrogens is 636 g/mol. The van der Waals surface area contributed by atoms with Crippen molar-refractivity contribution in [2.75, 3.05) is 5.32 Å². The highest BCUT2D eigenvalue weighted by molar-refractivity contribution is 5.97. The molecule has 5 amide bonds. The molecule has 1 aromatic carbocycles. The zero-order chi connectivity index (χ0) is 36.0. The Morgan fingerprint density at radius 1 is 0.875 bits per heavy atom. The molecule has 0 saturated heterocycles. The van der Waals surface area contributed by atoms with Gasteiger partial charge in [0.05, 0.1) is 17.7 Å². The first-order valence-electron chi connectivity index (χ1n) is 14.7. The topological polar surface area (TPSA) is 292 Å². The standard InChI is InChI=1S/C29H38N8O11/c1-15(2)10-21(32-16(3)38)27(43)34-20(8-9-25(40)41)26(42)35-22(11-18-13-30-14-31-18)28(44)36-23(29(45)46)12-24(39)33-17-4-6-19(7-5-17)37(47)48/h4-7,13-15,20-23H,8-12H2,1-3H3,(H,30,31)(H,32,38)(H,33,39)(H,34,43)(H,35,42)(H,36,44)(H,40,41)(H,45,46)/t20-,21-,22-,23-/m0/s1. The lowest BCUT2D eigenvalue weighted by Gasteiger charge is -2.26. The monoisotopic (exact) mass is 674 g/mol. The zero-order valence-corrected chi connectivity index (χ0v) is 26.3. The molecular formula is C29H38N8O11. The molecule has 8 N–H and O–H groups in total. The zero-order valence-electron chi connectivity index (χ0n) is 26.3. The fourth-order valence-corrected chi connectivity index (χ4v) is 4.39. The number of H-pyrrole nitrogens is 1. The van der Waals surface area contributed by atoms with Gasteiger partial charge in [-0.05, 0) is 30.9 Å². The highest BCUT2D eigenvalue weighted by atomic mass is 16.6. The number of hydrogen-bond donors (Lipinski definition) is 8. The van der Waals surface area contributed by atoms with Crippen LogP contribution < -0.4 is 26.6 Å². The lowest BCUT2D eigenvalue weighted by atomic mass is 10.0. The third-order valence-corrected chi connectivity index (χ3v) is 6.66. The Labute approximate surface area is 273 Å². The largest absolute Gasteiger partial charge is 0.481 e. The average molecular weight is 675 g/mol. The Morgan fingerprint density at radius 2 is 1.46 bits per heavy atom. The number of carboxylic acid groups (broad SMARTS) is 2. The summed E-state index contributed by atoms with van der Waals surface area (Å²) in [5.41, 5.74) is 0.239. The number of nitro groups is 1. The predicted octanol–water partition coefficient (Wildman–Crippen LogP) is -0.156. The quantitative estimate of drug-likeness (QED) is 0.0713. The number of non-ortho nitro benzene ring substituents is 1. The number of anilines is 1. The van der Waals surface area contributed by atoms with Crippen LogP contribution >= 0.6 is 0 Å². The maximum Gasteiger partial charge on any atom is 0.326 e. The number of nitrogens with one attached hydrogen (secondary N) is 6. The van der Waals surface area contributed by atoms with Crippen molar-refractivity contribution in [2.45, 2.75) is 77.0 Å². The van der Waals surface area contributed by atoms with E-state index in [1.54, 1.807) is 13.8 Å². The molecule has 0 spiro atoms. The SMILES string of the molecule is CC(=O)N[C@@H](CC(C)C)C(=O)N[C@@H](CCC(=O)O)C(=O)N[C@@H](Cc1cnc[nH]1)C(=O)N[C@@H](CC(=O)Nc1ccc([N+](=O)[O-])cc1)C(=O)O. The van der Waals surface area contributed by atoms with Crippen molar-refractivity contribution in [3.05, 3.63) is 52.6 Å². The Hall–Kier alpha value is -5.88. The number of hydrogen-bond acceptors (Lipinski definition) is 10. The highest BCUT2D eigenvalue weighted by Crippen LogP contribution is 2.16. The fraction of sp³-hybridized carbons (Fsp3) is 0.448. The van der Waals surface area contributed by atoms with Crippen LogP contribution in [0.5, 0.6) is 0 Å². The molecule has 0 aliphatic heterocycles. The smallest absolute Gasteiger partial charge is 0.326 e. The van der Waals surface area contributed by atoms with E-state index in [-0.39, 0.29) is 36.6 Å². The molecule has 1 aromatic heterocycles. The van der Waals surface area contributed by atoms with Gasteiger partial charge in [-0.2, -0.15) is 0 Å². The first-order chi connectivity index (χ1) is 22.5. The molecule has 260 valence electrons.